The van der Waals surface area contributed by atoms with Gasteiger partial charge in [-0.25, -0.2) is 4.98 Å². The summed E-state index contributed by atoms with van der Waals surface area (Å²) in [4.78, 5) is 9.90. The quantitative estimate of drug-likeness (QED) is 0.504. The third kappa shape index (κ3) is 7.18. The summed E-state index contributed by atoms with van der Waals surface area (Å²) in [5.74, 6) is 7.02. The van der Waals surface area contributed by atoms with Crippen molar-refractivity contribution in [2.24, 2.45) is 5.92 Å². The van der Waals surface area contributed by atoms with Crippen molar-refractivity contribution in [3.63, 3.8) is 0 Å². The molecule has 156 valence electrons. The van der Waals surface area contributed by atoms with Gasteiger partial charge in [0.1, 0.15) is 5.65 Å². The summed E-state index contributed by atoms with van der Waals surface area (Å²) >= 11 is 0. The Morgan fingerprint density at radius 1 is 1.28 bits per heavy atom. The lowest BCUT2D eigenvalue weighted by Gasteiger charge is -2.32. The number of pyridine rings is 1. The van der Waals surface area contributed by atoms with E-state index < -0.39 is 0 Å². The lowest BCUT2D eigenvalue weighted by atomic mass is 9.89. The number of nitrogens with zero attached hydrogens (tertiary/aromatic N) is 2. The molecule has 0 bridgehead atoms. The predicted octanol–water partition coefficient (Wildman–Crippen LogP) is 5.90. The summed E-state index contributed by atoms with van der Waals surface area (Å²) in [7, 11) is 0. The molecule has 29 heavy (non-hydrogen) atoms. The van der Waals surface area contributed by atoms with Gasteiger partial charge in [-0.3, -0.25) is 4.39 Å². The highest BCUT2D eigenvalue weighted by Gasteiger charge is 2.19. The summed E-state index contributed by atoms with van der Waals surface area (Å²) in [5.41, 5.74) is 4.22. The Labute approximate surface area is 175 Å². The Morgan fingerprint density at radius 2 is 2.03 bits per heavy atom. The number of fused-ring (bicyclic) bond motifs is 1. The first-order chi connectivity index (χ1) is 14.2. The summed E-state index contributed by atoms with van der Waals surface area (Å²) in [5, 5.41) is 1.08. The smallest absolute Gasteiger partial charge is 0.138 e. The van der Waals surface area contributed by atoms with Crippen LogP contribution >= 0.6 is 0 Å². The van der Waals surface area contributed by atoms with E-state index in [1.54, 1.807) is 6.20 Å². The predicted molar refractivity (Wildman–Crippen MR) is 122 cm³/mol. The number of piperidine rings is 1. The summed E-state index contributed by atoms with van der Waals surface area (Å²) in [6.07, 6.45) is 9.08. The monoisotopic (exact) mass is 395 g/mol. The van der Waals surface area contributed by atoms with Crippen molar-refractivity contribution in [3.05, 3.63) is 53.4 Å². The van der Waals surface area contributed by atoms with Crippen LogP contribution in [0.5, 0.6) is 0 Å². The minimum atomic E-state index is -0.209. The molecule has 0 spiro atoms. The van der Waals surface area contributed by atoms with Gasteiger partial charge in [0, 0.05) is 18.1 Å². The van der Waals surface area contributed by atoms with E-state index in [9.17, 15) is 4.39 Å². The first-order valence-corrected chi connectivity index (χ1v) is 10.7. The fraction of sp³-hybridized carbons (Fsp3) is 0.480. The van der Waals surface area contributed by atoms with Gasteiger partial charge < -0.3 is 9.88 Å². The average molecular weight is 396 g/mol. The second-order valence-corrected chi connectivity index (χ2v) is 7.29. The van der Waals surface area contributed by atoms with Crippen molar-refractivity contribution in [2.75, 3.05) is 26.3 Å². The van der Waals surface area contributed by atoms with Crippen molar-refractivity contribution < 1.29 is 4.39 Å². The first-order valence-electron chi connectivity index (χ1n) is 10.7. The summed E-state index contributed by atoms with van der Waals surface area (Å²) in [6, 6.07) is 5.99. The molecule has 2 aromatic heterocycles. The molecule has 1 aliphatic heterocycles. The van der Waals surface area contributed by atoms with Crippen LogP contribution in [0.2, 0.25) is 0 Å². The van der Waals surface area contributed by atoms with Gasteiger partial charge >= 0.3 is 0 Å². The van der Waals surface area contributed by atoms with Crippen LogP contribution in [-0.2, 0) is 0 Å². The van der Waals surface area contributed by atoms with Gasteiger partial charge in [0.15, 0.2) is 0 Å². The number of H-pyrrole nitrogens is 1. The highest BCUT2D eigenvalue weighted by Crippen LogP contribution is 2.24. The fourth-order valence-electron chi connectivity index (χ4n) is 3.52. The first kappa shape index (κ1) is 22.9. The van der Waals surface area contributed by atoms with E-state index in [1.807, 2.05) is 39.0 Å². The second-order valence-electron chi connectivity index (χ2n) is 7.29. The van der Waals surface area contributed by atoms with E-state index >= 15 is 0 Å². The lowest BCUT2D eigenvalue weighted by Crippen LogP contribution is -2.34. The van der Waals surface area contributed by atoms with Crippen LogP contribution in [0.25, 0.3) is 11.0 Å². The molecule has 1 saturated heterocycles. The number of aromatic amines is 1. The van der Waals surface area contributed by atoms with Crippen LogP contribution in [0.1, 0.15) is 52.7 Å². The van der Waals surface area contributed by atoms with Crippen LogP contribution in [0, 0.1) is 17.8 Å². The van der Waals surface area contributed by atoms with E-state index in [1.165, 1.54) is 5.57 Å². The maximum Gasteiger partial charge on any atom is 0.138 e. The summed E-state index contributed by atoms with van der Waals surface area (Å²) < 4.78 is 12.3. The van der Waals surface area contributed by atoms with Crippen molar-refractivity contribution in [1.29, 1.82) is 0 Å². The number of alkyl halides is 1. The Kier molecular flexibility index (Phi) is 9.67. The van der Waals surface area contributed by atoms with Crippen LogP contribution in [0.3, 0.4) is 0 Å². The highest BCUT2D eigenvalue weighted by molar-refractivity contribution is 5.77. The number of halogens is 1. The normalized spacial score (nSPS) is 16.2. The van der Waals surface area contributed by atoms with Gasteiger partial charge in [-0.05, 0) is 81.8 Å². The molecular formula is C25H34FN3. The molecule has 1 N–H and O–H groups in total. The van der Waals surface area contributed by atoms with Crippen molar-refractivity contribution in [2.45, 2.75) is 47.0 Å². The molecule has 0 aromatic carbocycles. The maximum atomic E-state index is 12.3. The molecule has 0 aliphatic carbocycles. The van der Waals surface area contributed by atoms with Gasteiger partial charge in [-0.15, -0.1) is 0 Å². The number of nitrogens with one attached hydrogen (secondary N) is 1. The lowest BCUT2D eigenvalue weighted by molar-refractivity contribution is 0.191. The van der Waals surface area contributed by atoms with Crippen molar-refractivity contribution in [3.8, 4) is 11.8 Å². The third-order valence-electron chi connectivity index (χ3n) is 5.22. The minimum Gasteiger partial charge on any atom is -0.333 e. The van der Waals surface area contributed by atoms with Gasteiger partial charge in [-0.2, -0.15) is 0 Å². The molecule has 3 nitrogen and oxygen atoms in total. The molecule has 1 aliphatic rings. The number of hydrogen-bond acceptors (Lipinski definition) is 2. The van der Waals surface area contributed by atoms with E-state index in [-0.39, 0.29) is 6.67 Å². The minimum absolute atomic E-state index is 0.209. The van der Waals surface area contributed by atoms with Gasteiger partial charge in [-0.1, -0.05) is 37.5 Å². The number of likely N-dealkylation sites (tertiary alicyclic amines) is 1. The SMILES string of the molecule is C/C(C#Cc1cc2cccnc2[nH]1)=C\C=C(/C)C1CCN(CCCF)CC1.CC. The number of allylic oxidation sites excluding steroid dienone is 4. The van der Waals surface area contributed by atoms with Crippen LogP contribution in [-0.4, -0.2) is 41.2 Å². The molecule has 0 unspecified atom stereocenters. The molecule has 3 rings (SSSR count). The zero-order valence-corrected chi connectivity index (χ0v) is 18.3. The molecule has 0 atom stereocenters. The molecule has 2 aromatic rings. The molecule has 1 fully saturated rings. The Morgan fingerprint density at radius 3 is 2.72 bits per heavy atom. The third-order valence-corrected chi connectivity index (χ3v) is 5.22. The Balaban J connectivity index is 0.00000145. The molecular weight excluding hydrogens is 361 g/mol. The zero-order valence-electron chi connectivity index (χ0n) is 18.3. The second kappa shape index (κ2) is 12.2. The van der Waals surface area contributed by atoms with E-state index in [2.05, 4.69) is 45.8 Å². The van der Waals surface area contributed by atoms with E-state index in [0.29, 0.717) is 12.3 Å². The highest BCUT2D eigenvalue weighted by atomic mass is 19.1. The Bertz CT molecular complexity index is 841. The topological polar surface area (TPSA) is 31.9 Å². The fourth-order valence-corrected chi connectivity index (χ4v) is 3.52. The average Bonchev–Trinajstić information content (AvgIpc) is 3.19. The summed E-state index contributed by atoms with van der Waals surface area (Å²) in [6.45, 7) is 11.1. The molecule has 0 radical (unpaired) electrons. The van der Waals surface area contributed by atoms with Gasteiger partial charge in [0.2, 0.25) is 0 Å². The molecule has 0 amide bonds. The van der Waals surface area contributed by atoms with Crippen molar-refractivity contribution in [1.82, 2.24) is 14.9 Å². The molecule has 0 saturated carbocycles. The largest absolute Gasteiger partial charge is 0.333 e. The number of hydrogen-bond donors (Lipinski definition) is 1. The van der Waals surface area contributed by atoms with Crippen LogP contribution in [0.4, 0.5) is 4.39 Å². The van der Waals surface area contributed by atoms with Crippen LogP contribution in [0.15, 0.2) is 47.7 Å². The van der Waals surface area contributed by atoms with Gasteiger partial charge in [0.25, 0.3) is 0 Å². The maximum absolute atomic E-state index is 12.3. The zero-order chi connectivity index (χ0) is 21.1. The van der Waals surface area contributed by atoms with Gasteiger partial charge in [0.05, 0.1) is 12.4 Å². The van der Waals surface area contributed by atoms with E-state index in [4.69, 9.17) is 0 Å². The number of aromatic nitrogens is 2. The molecule has 3 heterocycles. The molecule has 4 heteroatoms. The number of rotatable bonds is 5. The van der Waals surface area contributed by atoms with Crippen LogP contribution < -0.4 is 0 Å². The van der Waals surface area contributed by atoms with Crippen molar-refractivity contribution >= 4 is 11.0 Å². The standard InChI is InChI=1S/C23H28FN3.C2H6/c1-18(7-9-22-17-21-5-3-13-25-23(21)26-22)6-8-19(2)20-10-15-27(16-11-20)14-4-12-24;1-2/h3,5-6,8,13,17,20H,4,10-12,14-16H2,1-2H3,(H,25,26);1-2H3/b18-6+,19-8+;. The van der Waals surface area contributed by atoms with E-state index in [0.717, 1.165) is 54.8 Å². The Hall–Kier alpha value is -2.38.